The third-order valence-electron chi connectivity index (χ3n) is 7.74. The first-order valence-corrected chi connectivity index (χ1v) is 12.0. The Labute approximate surface area is 200 Å². The van der Waals surface area contributed by atoms with Gasteiger partial charge in [0.15, 0.2) is 17.5 Å². The molecular formula is C26H36O8. The molecule has 8 nitrogen and oxygen atoms in total. The van der Waals surface area contributed by atoms with Gasteiger partial charge in [0.05, 0.1) is 17.3 Å². The average Bonchev–Trinajstić information content (AvgIpc) is 2.96. The minimum atomic E-state index is -2.10. The van der Waals surface area contributed by atoms with Gasteiger partial charge in [0.2, 0.25) is 0 Å². The minimum absolute atomic E-state index is 0.221. The van der Waals surface area contributed by atoms with Crippen LogP contribution in [0.5, 0.6) is 0 Å². The number of fused-ring (bicyclic) bond motifs is 2. The predicted molar refractivity (Wildman–Crippen MR) is 122 cm³/mol. The van der Waals surface area contributed by atoms with Gasteiger partial charge in [-0.25, -0.2) is 0 Å². The average molecular weight is 477 g/mol. The van der Waals surface area contributed by atoms with Crippen LogP contribution in [0, 0.1) is 17.3 Å². The van der Waals surface area contributed by atoms with Gasteiger partial charge in [-0.15, -0.1) is 0 Å². The van der Waals surface area contributed by atoms with Gasteiger partial charge in [0.1, 0.15) is 12.2 Å². The topological polar surface area (TPSA) is 116 Å². The van der Waals surface area contributed by atoms with Gasteiger partial charge in [-0.05, 0) is 46.1 Å². The van der Waals surface area contributed by atoms with Crippen molar-refractivity contribution in [2.75, 3.05) is 0 Å². The lowest BCUT2D eigenvalue weighted by Crippen LogP contribution is -2.62. The number of esters is 3. The number of aliphatic hydroxyl groups is 1. The molecule has 0 radical (unpaired) electrons. The summed E-state index contributed by atoms with van der Waals surface area (Å²) in [6, 6.07) is 0. The lowest BCUT2D eigenvalue weighted by atomic mass is 9.57. The summed E-state index contributed by atoms with van der Waals surface area (Å²) in [4.78, 5) is 51.4. The largest absolute Gasteiger partial charge is 0.462 e. The Bertz CT molecular complexity index is 933. The van der Waals surface area contributed by atoms with E-state index in [1.165, 1.54) is 13.8 Å². The lowest BCUT2D eigenvalue weighted by Gasteiger charge is -2.51. The SMILES string of the molecule is CCCC(=O)O[C@@H]1CC/C(C)=C\C2OC(=O)C(C)C2(O)C(=O)C2C(C)=CCC(OC(C)=O)[C@@]21C. The van der Waals surface area contributed by atoms with Crippen LogP contribution in [0.3, 0.4) is 0 Å². The van der Waals surface area contributed by atoms with Crippen molar-refractivity contribution in [3.8, 4) is 0 Å². The molecule has 0 amide bonds. The van der Waals surface area contributed by atoms with E-state index in [1.807, 2.05) is 19.9 Å². The summed E-state index contributed by atoms with van der Waals surface area (Å²) < 4.78 is 17.1. The van der Waals surface area contributed by atoms with Crippen molar-refractivity contribution in [1.82, 2.24) is 0 Å². The van der Waals surface area contributed by atoms with Crippen LogP contribution in [0.2, 0.25) is 0 Å². The molecule has 8 heteroatoms. The van der Waals surface area contributed by atoms with Crippen LogP contribution in [0.4, 0.5) is 0 Å². The van der Waals surface area contributed by atoms with Crippen LogP contribution < -0.4 is 0 Å². The molecule has 0 bridgehead atoms. The normalized spacial score (nSPS) is 39.6. The van der Waals surface area contributed by atoms with Gasteiger partial charge >= 0.3 is 17.9 Å². The summed E-state index contributed by atoms with van der Waals surface area (Å²) in [6.07, 6.45) is 2.84. The zero-order valence-electron chi connectivity index (χ0n) is 20.9. The molecule has 1 fully saturated rings. The molecule has 0 aromatic rings. The number of rotatable bonds is 4. The second kappa shape index (κ2) is 9.64. The second-order valence-corrected chi connectivity index (χ2v) is 10.1. The Balaban J connectivity index is 2.23. The third kappa shape index (κ3) is 4.32. The summed E-state index contributed by atoms with van der Waals surface area (Å²) in [5, 5.41) is 11.8. The van der Waals surface area contributed by atoms with E-state index in [1.54, 1.807) is 19.9 Å². The highest BCUT2D eigenvalue weighted by molar-refractivity contribution is 5.99. The first-order valence-electron chi connectivity index (χ1n) is 12.0. The minimum Gasteiger partial charge on any atom is -0.462 e. The monoisotopic (exact) mass is 476 g/mol. The van der Waals surface area contributed by atoms with Crippen LogP contribution in [0.1, 0.15) is 73.6 Å². The van der Waals surface area contributed by atoms with Gasteiger partial charge in [0, 0.05) is 19.8 Å². The summed E-state index contributed by atoms with van der Waals surface area (Å²) in [5.74, 6) is -4.18. The van der Waals surface area contributed by atoms with E-state index < -0.39 is 64.9 Å². The summed E-state index contributed by atoms with van der Waals surface area (Å²) in [5.41, 5.74) is -1.79. The maximum atomic E-state index is 14.2. The maximum absolute atomic E-state index is 14.2. The smallest absolute Gasteiger partial charge is 0.312 e. The molecule has 1 saturated heterocycles. The van der Waals surface area contributed by atoms with E-state index in [9.17, 15) is 24.3 Å². The van der Waals surface area contributed by atoms with E-state index >= 15 is 0 Å². The van der Waals surface area contributed by atoms with Gasteiger partial charge in [-0.2, -0.15) is 0 Å². The van der Waals surface area contributed by atoms with Crippen LogP contribution in [0.25, 0.3) is 0 Å². The molecule has 0 saturated carbocycles. The quantitative estimate of drug-likeness (QED) is 0.374. The van der Waals surface area contributed by atoms with Gasteiger partial charge in [0.25, 0.3) is 0 Å². The van der Waals surface area contributed by atoms with Crippen molar-refractivity contribution in [3.05, 3.63) is 23.3 Å². The van der Waals surface area contributed by atoms with E-state index in [0.29, 0.717) is 31.3 Å². The fourth-order valence-corrected chi connectivity index (χ4v) is 5.71. The summed E-state index contributed by atoms with van der Waals surface area (Å²) in [6.45, 7) is 10.0. The molecule has 7 atom stereocenters. The first kappa shape index (κ1) is 26.1. The van der Waals surface area contributed by atoms with Crippen molar-refractivity contribution in [1.29, 1.82) is 0 Å². The van der Waals surface area contributed by atoms with E-state index in [2.05, 4.69) is 0 Å². The van der Waals surface area contributed by atoms with E-state index in [4.69, 9.17) is 14.2 Å². The second-order valence-electron chi connectivity index (χ2n) is 10.1. The molecule has 3 aliphatic rings. The Morgan fingerprint density at radius 2 is 1.88 bits per heavy atom. The molecule has 188 valence electrons. The molecule has 0 aromatic heterocycles. The summed E-state index contributed by atoms with van der Waals surface area (Å²) in [7, 11) is 0. The van der Waals surface area contributed by atoms with Gasteiger partial charge < -0.3 is 19.3 Å². The standard InChI is InChI=1S/C26H36O8/c1-7-8-21(28)33-19-11-9-14(2)13-20-26(31,16(4)24(30)34-20)23(29)22-15(3)10-12-18(25(19,22)6)32-17(5)27/h10,13,16,18-20,22,31H,7-9,11-12H2,1-6H3/b14-13-/t16?,18?,19-,20?,22?,25-,26?/m1/s1. The van der Waals surface area contributed by atoms with E-state index in [0.717, 1.165) is 5.57 Å². The van der Waals surface area contributed by atoms with Crippen molar-refractivity contribution in [2.24, 2.45) is 17.3 Å². The van der Waals surface area contributed by atoms with Crippen molar-refractivity contribution >= 4 is 23.7 Å². The van der Waals surface area contributed by atoms with Crippen LogP contribution >= 0.6 is 0 Å². The molecule has 0 aromatic carbocycles. The Morgan fingerprint density at radius 3 is 2.50 bits per heavy atom. The molecule has 34 heavy (non-hydrogen) atoms. The number of carbonyl (C=O) groups is 4. The molecule has 1 heterocycles. The highest BCUT2D eigenvalue weighted by Gasteiger charge is 2.65. The highest BCUT2D eigenvalue weighted by Crippen LogP contribution is 2.52. The highest BCUT2D eigenvalue weighted by atomic mass is 16.6. The number of carbonyl (C=O) groups excluding carboxylic acids is 4. The molecule has 3 rings (SSSR count). The number of hydrogen-bond acceptors (Lipinski definition) is 8. The number of Topliss-reactive ketones (excluding diaryl/α,β-unsaturated/α-hetero) is 1. The first-order chi connectivity index (χ1) is 15.9. The molecule has 1 aliphatic heterocycles. The molecule has 0 spiro atoms. The van der Waals surface area contributed by atoms with E-state index in [-0.39, 0.29) is 6.42 Å². The summed E-state index contributed by atoms with van der Waals surface area (Å²) >= 11 is 0. The number of ether oxygens (including phenoxy) is 3. The Kier molecular flexibility index (Phi) is 7.41. The number of hydrogen-bond donors (Lipinski definition) is 1. The van der Waals surface area contributed by atoms with Crippen LogP contribution in [-0.4, -0.2) is 52.7 Å². The predicted octanol–water partition coefficient (Wildman–Crippen LogP) is 3.20. The molecule has 5 unspecified atom stereocenters. The Morgan fingerprint density at radius 1 is 1.21 bits per heavy atom. The Hall–Kier alpha value is -2.48. The van der Waals surface area contributed by atoms with Crippen molar-refractivity contribution in [2.45, 2.75) is 97.6 Å². The van der Waals surface area contributed by atoms with Crippen molar-refractivity contribution < 1.29 is 38.5 Å². The fraction of sp³-hybridized carbons (Fsp3) is 0.692. The number of ketones is 1. The van der Waals surface area contributed by atoms with Crippen molar-refractivity contribution in [3.63, 3.8) is 0 Å². The zero-order valence-corrected chi connectivity index (χ0v) is 20.9. The zero-order chi connectivity index (χ0) is 25.4. The van der Waals surface area contributed by atoms with Crippen LogP contribution in [0.15, 0.2) is 23.3 Å². The molecule has 1 N–H and O–H groups in total. The maximum Gasteiger partial charge on any atom is 0.312 e. The van der Waals surface area contributed by atoms with Crippen LogP contribution in [-0.2, 0) is 33.4 Å². The third-order valence-corrected chi connectivity index (χ3v) is 7.74. The molecule has 2 aliphatic carbocycles. The molecular weight excluding hydrogens is 440 g/mol. The lowest BCUT2D eigenvalue weighted by molar-refractivity contribution is -0.187. The number of allylic oxidation sites excluding steroid dienone is 2. The fourth-order valence-electron chi connectivity index (χ4n) is 5.71. The van der Waals surface area contributed by atoms with Gasteiger partial charge in [-0.1, -0.05) is 31.1 Å². The van der Waals surface area contributed by atoms with Gasteiger partial charge in [-0.3, -0.25) is 19.2 Å².